The number of rotatable bonds is 9. The van der Waals surface area contributed by atoms with Crippen molar-refractivity contribution in [1.82, 2.24) is 4.90 Å². The van der Waals surface area contributed by atoms with Gasteiger partial charge in [-0.05, 0) is 49.1 Å². The van der Waals surface area contributed by atoms with Gasteiger partial charge in [-0.1, -0.05) is 18.2 Å². The van der Waals surface area contributed by atoms with Crippen LogP contribution < -0.4 is 14.8 Å². The minimum absolute atomic E-state index is 0.0253. The molecule has 2 N–H and O–H groups in total. The average Bonchev–Trinajstić information content (AvgIpc) is 2.77. The number of nitrogens with zero attached hydrogens (tertiary/aromatic N) is 1. The molecular weight excluding hydrogens is 371 g/mol. The van der Waals surface area contributed by atoms with Crippen molar-refractivity contribution in [3.05, 3.63) is 59.4 Å². The lowest BCUT2D eigenvalue weighted by Crippen LogP contribution is -2.83. The summed E-state index contributed by atoms with van der Waals surface area (Å²) in [4.78, 5) is 14.2. The number of carbonyl (C=O) groups excluding carboxylic acids is 1. The molecule has 1 aliphatic heterocycles. The maximum Gasteiger partial charge on any atom is 0.260 e. The van der Waals surface area contributed by atoms with Gasteiger partial charge in [-0.2, -0.15) is 0 Å². The molecule has 0 aliphatic carbocycles. The van der Waals surface area contributed by atoms with Crippen molar-refractivity contribution in [1.29, 1.82) is 0 Å². The van der Waals surface area contributed by atoms with Crippen molar-refractivity contribution in [2.75, 3.05) is 33.4 Å². The van der Waals surface area contributed by atoms with Gasteiger partial charge >= 0.3 is 0 Å². The molecule has 0 bridgehead atoms. The lowest BCUT2D eigenvalue weighted by atomic mass is 10.1. The largest absolute Gasteiger partial charge is 0.493 e. The van der Waals surface area contributed by atoms with Crippen LogP contribution in [0.1, 0.15) is 30.4 Å². The van der Waals surface area contributed by atoms with E-state index < -0.39 is 0 Å². The second kappa shape index (κ2) is 10.8. The predicted octanol–water partition coefficient (Wildman–Crippen LogP) is 2.53. The number of quaternary nitrogens is 1. The van der Waals surface area contributed by atoms with Gasteiger partial charge in [-0.3, -0.25) is 4.79 Å². The van der Waals surface area contributed by atoms with E-state index in [2.05, 4.69) is 5.32 Å². The molecule has 6 heteroatoms. The molecule has 2 aromatic rings. The molecule has 0 unspecified atom stereocenters. The molecule has 2 aromatic carbocycles. The van der Waals surface area contributed by atoms with Gasteiger partial charge in [0.25, 0.3) is 5.91 Å². The Labute approximate surface area is 171 Å². The van der Waals surface area contributed by atoms with E-state index in [1.54, 1.807) is 13.2 Å². The monoisotopic (exact) mass is 401 g/mol. The molecule has 0 aromatic heterocycles. The van der Waals surface area contributed by atoms with Crippen molar-refractivity contribution in [3.63, 3.8) is 0 Å². The molecule has 0 atom stereocenters. The highest BCUT2D eigenvalue weighted by atomic mass is 19.1. The van der Waals surface area contributed by atoms with Crippen molar-refractivity contribution in [3.8, 4) is 11.5 Å². The van der Waals surface area contributed by atoms with Crippen LogP contribution in [0.4, 0.5) is 4.39 Å². The highest BCUT2D eigenvalue weighted by Crippen LogP contribution is 2.28. The number of methoxy groups -OCH3 is 1. The van der Waals surface area contributed by atoms with Crippen LogP contribution in [0, 0.1) is 5.82 Å². The third kappa shape index (κ3) is 6.19. The Kier molecular flexibility index (Phi) is 7.87. The first-order chi connectivity index (χ1) is 14.2. The van der Waals surface area contributed by atoms with Gasteiger partial charge in [0.2, 0.25) is 0 Å². The van der Waals surface area contributed by atoms with Crippen LogP contribution in [0.2, 0.25) is 0 Å². The molecular formula is C23H30FN2O3+. The third-order valence-corrected chi connectivity index (χ3v) is 5.24. The van der Waals surface area contributed by atoms with E-state index in [-0.39, 0.29) is 18.3 Å². The van der Waals surface area contributed by atoms with Gasteiger partial charge in [-0.15, -0.1) is 0 Å². The van der Waals surface area contributed by atoms with Crippen LogP contribution in [0.3, 0.4) is 0 Å². The summed E-state index contributed by atoms with van der Waals surface area (Å²) in [5.74, 6) is 1.07. The van der Waals surface area contributed by atoms with Gasteiger partial charge in [0.1, 0.15) is 12.4 Å². The summed E-state index contributed by atoms with van der Waals surface area (Å²) >= 11 is 0. The van der Waals surface area contributed by atoms with Gasteiger partial charge in [0.05, 0.1) is 13.7 Å². The first-order valence-electron chi connectivity index (χ1n) is 10.3. The summed E-state index contributed by atoms with van der Waals surface area (Å²) in [7, 11) is 1.60. The first-order valence-corrected chi connectivity index (χ1v) is 10.3. The minimum atomic E-state index is -0.150. The topological polar surface area (TPSA) is 55.4 Å². The average molecular weight is 402 g/mol. The Bertz CT molecular complexity index is 806. The van der Waals surface area contributed by atoms with E-state index in [1.807, 2.05) is 35.2 Å². The maximum atomic E-state index is 13.7. The number of ether oxygens (including phenoxy) is 2. The van der Waals surface area contributed by atoms with E-state index in [9.17, 15) is 9.18 Å². The molecule has 1 saturated heterocycles. The standard InChI is InChI=1S/C23H29FN2O3/c1-28-22-15-18(16-25-12-11-19-7-3-4-8-20(19)24)9-10-21(22)29-17-23(27)26-13-5-2-6-14-26/h3-4,7-10,15,25H,2,5-6,11-14,16-17H2,1H3/p+1. The summed E-state index contributed by atoms with van der Waals surface area (Å²) < 4.78 is 24.8. The van der Waals surface area contributed by atoms with Gasteiger partial charge in [0.15, 0.2) is 18.1 Å². The number of nitrogens with two attached hydrogens (primary N) is 1. The molecule has 1 aliphatic rings. The molecule has 0 saturated carbocycles. The Balaban J connectivity index is 1.47. The van der Waals surface area contributed by atoms with E-state index in [0.29, 0.717) is 17.9 Å². The summed E-state index contributed by atoms with van der Waals surface area (Å²) in [6, 6.07) is 12.6. The molecule has 1 heterocycles. The number of hydrogen-bond acceptors (Lipinski definition) is 3. The highest BCUT2D eigenvalue weighted by molar-refractivity contribution is 5.78. The fourth-order valence-corrected chi connectivity index (χ4v) is 3.56. The molecule has 1 amide bonds. The van der Waals surface area contributed by atoms with Gasteiger partial charge < -0.3 is 19.7 Å². The van der Waals surface area contributed by atoms with Gasteiger partial charge in [-0.25, -0.2) is 4.39 Å². The van der Waals surface area contributed by atoms with Crippen LogP contribution in [-0.4, -0.2) is 44.2 Å². The Morgan fingerprint density at radius 3 is 2.66 bits per heavy atom. The summed E-state index contributed by atoms with van der Waals surface area (Å²) in [5.41, 5.74) is 1.83. The Hall–Kier alpha value is -2.60. The van der Waals surface area contributed by atoms with Gasteiger partial charge in [0, 0.05) is 25.1 Å². The van der Waals surface area contributed by atoms with Crippen molar-refractivity contribution in [2.24, 2.45) is 0 Å². The zero-order valence-corrected chi connectivity index (χ0v) is 17.0. The zero-order valence-electron chi connectivity index (χ0n) is 17.0. The Morgan fingerprint density at radius 2 is 1.90 bits per heavy atom. The molecule has 1 fully saturated rings. The fraction of sp³-hybridized carbons (Fsp3) is 0.435. The summed E-state index contributed by atoms with van der Waals surface area (Å²) in [6.45, 7) is 3.23. The maximum absolute atomic E-state index is 13.7. The second-order valence-electron chi connectivity index (χ2n) is 7.34. The highest BCUT2D eigenvalue weighted by Gasteiger charge is 2.17. The predicted molar refractivity (Wildman–Crippen MR) is 110 cm³/mol. The quantitative estimate of drug-likeness (QED) is 0.657. The molecule has 156 valence electrons. The van der Waals surface area contributed by atoms with Crippen LogP contribution in [-0.2, 0) is 17.8 Å². The number of amides is 1. The van der Waals surface area contributed by atoms with Crippen LogP contribution in [0.15, 0.2) is 42.5 Å². The zero-order chi connectivity index (χ0) is 20.5. The third-order valence-electron chi connectivity index (χ3n) is 5.24. The molecule has 0 radical (unpaired) electrons. The van der Waals surface area contributed by atoms with Crippen LogP contribution in [0.5, 0.6) is 11.5 Å². The lowest BCUT2D eigenvalue weighted by molar-refractivity contribution is -0.670. The number of piperidine rings is 1. The molecule has 5 nitrogen and oxygen atoms in total. The molecule has 3 rings (SSSR count). The van der Waals surface area contributed by atoms with Crippen molar-refractivity contribution in [2.45, 2.75) is 32.2 Å². The van der Waals surface area contributed by atoms with E-state index >= 15 is 0 Å². The second-order valence-corrected chi connectivity index (χ2v) is 7.34. The number of halogens is 1. The van der Waals surface area contributed by atoms with Crippen molar-refractivity contribution < 1.29 is 24.0 Å². The smallest absolute Gasteiger partial charge is 0.260 e. The van der Waals surface area contributed by atoms with E-state index in [1.165, 1.54) is 12.5 Å². The number of carbonyl (C=O) groups is 1. The first kappa shape index (κ1) is 21.1. The molecule has 0 spiro atoms. The number of hydrogen-bond donors (Lipinski definition) is 1. The minimum Gasteiger partial charge on any atom is -0.493 e. The summed E-state index contributed by atoms with van der Waals surface area (Å²) in [6.07, 6.45) is 4.01. The molecule has 29 heavy (non-hydrogen) atoms. The number of likely N-dealkylation sites (tertiary alicyclic amines) is 1. The Morgan fingerprint density at radius 1 is 1.10 bits per heavy atom. The summed E-state index contributed by atoms with van der Waals surface area (Å²) in [5, 5.41) is 2.14. The fourth-order valence-electron chi connectivity index (χ4n) is 3.56. The van der Waals surface area contributed by atoms with E-state index in [4.69, 9.17) is 9.47 Å². The van der Waals surface area contributed by atoms with E-state index in [0.717, 1.165) is 50.1 Å². The SMILES string of the molecule is COc1cc(C[NH2+]CCc2ccccc2F)ccc1OCC(=O)N1CCCCC1. The van der Waals surface area contributed by atoms with Crippen LogP contribution >= 0.6 is 0 Å². The normalized spacial score (nSPS) is 13.9. The number of benzene rings is 2. The lowest BCUT2D eigenvalue weighted by Gasteiger charge is -2.26. The van der Waals surface area contributed by atoms with Crippen molar-refractivity contribution >= 4 is 5.91 Å². The van der Waals surface area contributed by atoms with Crippen LogP contribution in [0.25, 0.3) is 0 Å².